The van der Waals surface area contributed by atoms with Crippen molar-refractivity contribution in [3.8, 4) is 0 Å². The molecule has 0 aliphatic carbocycles. The van der Waals surface area contributed by atoms with Gasteiger partial charge in [-0.05, 0) is 51.2 Å². The van der Waals surface area contributed by atoms with E-state index in [1.165, 1.54) is 12.5 Å². The molecule has 0 spiro atoms. The molecular weight excluding hydrogens is 462 g/mol. The smallest absolute Gasteiger partial charge is 0.272 e. The van der Waals surface area contributed by atoms with Crippen LogP contribution in [0.15, 0.2) is 18.2 Å². The van der Waals surface area contributed by atoms with Gasteiger partial charge in [-0.15, -0.1) is 12.4 Å². The van der Waals surface area contributed by atoms with Gasteiger partial charge in [-0.3, -0.25) is 10.1 Å². The Bertz CT molecular complexity index is 942. The highest BCUT2D eigenvalue weighted by Crippen LogP contribution is 2.26. The first kappa shape index (κ1) is 31.2. The van der Waals surface area contributed by atoms with Crippen LogP contribution < -0.4 is 39.3 Å². The third-order valence-electron chi connectivity index (χ3n) is 5.64. The SMILES string of the molecule is Cc1cc(Nc2nc(N3CCCCC3)nc(N3CCCC(N)C3)n2)ccc1[N+](=O)[O-].Cl.N.N.N.[HH].[HH].[HH]. The molecule has 2 aromatic rings. The van der Waals surface area contributed by atoms with Crippen molar-refractivity contribution in [1.29, 1.82) is 0 Å². The molecule has 198 valence electrons. The zero-order valence-electron chi connectivity index (χ0n) is 19.8. The fraction of sp³-hybridized carbons (Fsp3) is 0.550. The number of piperidine rings is 2. The minimum absolute atomic E-state index is 0. The predicted octanol–water partition coefficient (Wildman–Crippen LogP) is 4.40. The van der Waals surface area contributed by atoms with E-state index in [9.17, 15) is 10.1 Å². The second-order valence-electron chi connectivity index (χ2n) is 8.04. The van der Waals surface area contributed by atoms with Crippen molar-refractivity contribution >= 4 is 41.6 Å². The second-order valence-corrected chi connectivity index (χ2v) is 8.04. The van der Waals surface area contributed by atoms with Crippen LogP contribution in [0.2, 0.25) is 0 Å². The molecule has 13 nitrogen and oxygen atoms in total. The van der Waals surface area contributed by atoms with E-state index in [2.05, 4.69) is 25.1 Å². The maximum atomic E-state index is 11.1. The van der Waals surface area contributed by atoms with E-state index in [0.29, 0.717) is 29.1 Å². The number of hydrogen-bond donors (Lipinski definition) is 5. The molecule has 34 heavy (non-hydrogen) atoms. The van der Waals surface area contributed by atoms with Crippen LogP contribution in [-0.2, 0) is 0 Å². The van der Waals surface area contributed by atoms with Gasteiger partial charge in [-0.25, -0.2) is 0 Å². The number of nitro benzene ring substituents is 1. The number of aromatic nitrogens is 3. The first-order valence-electron chi connectivity index (χ1n) is 10.5. The molecule has 2 aliphatic heterocycles. The van der Waals surface area contributed by atoms with Crippen molar-refractivity contribution in [2.45, 2.75) is 45.1 Å². The maximum Gasteiger partial charge on any atom is 0.272 e. The van der Waals surface area contributed by atoms with E-state index in [1.54, 1.807) is 19.1 Å². The number of hydrogen-bond acceptors (Lipinski definition) is 12. The Morgan fingerprint density at radius 3 is 2.24 bits per heavy atom. The average Bonchev–Trinajstić information content (AvgIpc) is 2.74. The Morgan fingerprint density at radius 2 is 1.65 bits per heavy atom. The molecule has 2 fully saturated rings. The summed E-state index contributed by atoms with van der Waals surface area (Å²) < 4.78 is 0. The van der Waals surface area contributed by atoms with Gasteiger partial charge < -0.3 is 39.3 Å². The minimum atomic E-state index is -0.381. The summed E-state index contributed by atoms with van der Waals surface area (Å²) in [6.07, 6.45) is 5.49. The summed E-state index contributed by atoms with van der Waals surface area (Å²) in [6.45, 7) is 5.17. The first-order chi connectivity index (χ1) is 14.5. The normalized spacial score (nSPS) is 17.3. The Morgan fingerprint density at radius 1 is 1.03 bits per heavy atom. The van der Waals surface area contributed by atoms with Gasteiger partial charge in [0.05, 0.1) is 4.92 Å². The Hall–Kier alpha value is -2.84. The third kappa shape index (κ3) is 7.33. The van der Waals surface area contributed by atoms with Crippen molar-refractivity contribution in [3.63, 3.8) is 0 Å². The predicted molar refractivity (Wildman–Crippen MR) is 145 cm³/mol. The van der Waals surface area contributed by atoms with Crippen molar-refractivity contribution in [1.82, 2.24) is 33.4 Å². The summed E-state index contributed by atoms with van der Waals surface area (Å²) in [5, 5.41) is 14.3. The number of rotatable bonds is 5. The van der Waals surface area contributed by atoms with Crippen LogP contribution in [0.1, 0.15) is 41.9 Å². The third-order valence-corrected chi connectivity index (χ3v) is 5.64. The molecule has 2 aliphatic rings. The van der Waals surface area contributed by atoms with Crippen LogP contribution in [0.25, 0.3) is 0 Å². The lowest BCUT2D eigenvalue weighted by molar-refractivity contribution is -0.385. The summed E-state index contributed by atoms with van der Waals surface area (Å²) in [5.41, 5.74) is 7.54. The summed E-state index contributed by atoms with van der Waals surface area (Å²) in [6, 6.07) is 5.02. The number of anilines is 4. The van der Waals surface area contributed by atoms with E-state index < -0.39 is 0 Å². The zero-order chi connectivity index (χ0) is 21.1. The molecule has 1 unspecified atom stereocenters. The van der Waals surface area contributed by atoms with Gasteiger partial charge in [0, 0.05) is 53.8 Å². The molecule has 14 heteroatoms. The number of aryl methyl sites for hydroxylation is 1. The minimum Gasteiger partial charge on any atom is -0.344 e. The number of benzene rings is 1. The van der Waals surface area contributed by atoms with Crippen molar-refractivity contribution in [3.05, 3.63) is 33.9 Å². The molecular formula is C20H44ClN11O2. The Kier molecular flexibility index (Phi) is 12.6. The van der Waals surface area contributed by atoms with E-state index in [4.69, 9.17) is 10.7 Å². The number of nitrogens with one attached hydrogen (secondary N) is 1. The van der Waals surface area contributed by atoms with Gasteiger partial charge in [0.15, 0.2) is 0 Å². The average molecular weight is 506 g/mol. The Labute approximate surface area is 210 Å². The second kappa shape index (κ2) is 13.8. The van der Waals surface area contributed by atoms with Crippen molar-refractivity contribution < 1.29 is 9.20 Å². The number of halogens is 1. The fourth-order valence-corrected chi connectivity index (χ4v) is 4.05. The molecule has 4 rings (SSSR count). The molecule has 1 atom stereocenters. The largest absolute Gasteiger partial charge is 0.344 e. The van der Waals surface area contributed by atoms with Gasteiger partial charge in [0.25, 0.3) is 5.69 Å². The standard InChI is InChI=1S/C20H28N8O2.ClH.3H3N.3H2/c1-14-12-16(7-8-17(14)28(29)30)22-18-23-19(26-9-3-2-4-10-26)25-20(24-18)27-11-5-6-15(21)13-27;;;;;;;/h7-8,12,15H,2-6,9-11,13,21H2,1H3,(H,22,23,24,25);1H;3*1H3;3*1H. The molecule has 12 N–H and O–H groups in total. The van der Waals surface area contributed by atoms with Crippen LogP contribution in [0.4, 0.5) is 29.2 Å². The molecule has 0 bridgehead atoms. The maximum absolute atomic E-state index is 11.1. The molecule has 0 amide bonds. The summed E-state index contributed by atoms with van der Waals surface area (Å²) >= 11 is 0. The summed E-state index contributed by atoms with van der Waals surface area (Å²) in [7, 11) is 0. The van der Waals surface area contributed by atoms with Crippen LogP contribution >= 0.6 is 12.4 Å². The molecule has 1 aromatic heterocycles. The van der Waals surface area contributed by atoms with Gasteiger partial charge >= 0.3 is 0 Å². The van der Waals surface area contributed by atoms with Crippen LogP contribution in [-0.4, -0.2) is 52.1 Å². The quantitative estimate of drug-likeness (QED) is 0.281. The number of nitrogens with zero attached hydrogens (tertiary/aromatic N) is 6. The van der Waals surface area contributed by atoms with Crippen molar-refractivity contribution in [2.24, 2.45) is 5.73 Å². The Balaban J connectivity index is -0.000000778. The zero-order valence-corrected chi connectivity index (χ0v) is 20.6. The number of nitrogens with two attached hydrogens (primary N) is 1. The molecule has 0 radical (unpaired) electrons. The molecule has 1 aromatic carbocycles. The highest BCUT2D eigenvalue weighted by Gasteiger charge is 2.23. The van der Waals surface area contributed by atoms with Crippen LogP contribution in [0, 0.1) is 17.0 Å². The van der Waals surface area contributed by atoms with E-state index in [0.717, 1.165) is 51.9 Å². The van der Waals surface area contributed by atoms with Gasteiger partial charge in [0.1, 0.15) is 0 Å². The monoisotopic (exact) mass is 505 g/mol. The van der Waals surface area contributed by atoms with Gasteiger partial charge in [0.2, 0.25) is 17.8 Å². The lowest BCUT2D eigenvalue weighted by atomic mass is 10.1. The molecule has 3 heterocycles. The molecule has 0 saturated carbocycles. The fourth-order valence-electron chi connectivity index (χ4n) is 4.05. The summed E-state index contributed by atoms with van der Waals surface area (Å²) in [5.74, 6) is 1.73. The first-order valence-corrected chi connectivity index (χ1v) is 10.5. The van der Waals surface area contributed by atoms with E-state index >= 15 is 0 Å². The van der Waals surface area contributed by atoms with Crippen molar-refractivity contribution in [2.75, 3.05) is 41.3 Å². The lowest BCUT2D eigenvalue weighted by Gasteiger charge is -2.32. The van der Waals surface area contributed by atoms with Gasteiger partial charge in [-0.1, -0.05) is 0 Å². The highest BCUT2D eigenvalue weighted by atomic mass is 35.5. The topological polar surface area (TPSA) is 231 Å². The van der Waals surface area contributed by atoms with Gasteiger partial charge in [-0.2, -0.15) is 15.0 Å². The highest BCUT2D eigenvalue weighted by molar-refractivity contribution is 5.85. The summed E-state index contributed by atoms with van der Waals surface area (Å²) in [4.78, 5) is 29.1. The van der Waals surface area contributed by atoms with Crippen LogP contribution in [0.3, 0.4) is 0 Å². The van der Waals surface area contributed by atoms with Crippen LogP contribution in [0.5, 0.6) is 0 Å². The van der Waals surface area contributed by atoms with E-state index in [-0.39, 0.29) is 51.8 Å². The number of nitro groups is 1. The molecule has 2 saturated heterocycles. The lowest BCUT2D eigenvalue weighted by Crippen LogP contribution is -2.44. The van der Waals surface area contributed by atoms with E-state index in [1.807, 2.05) is 0 Å².